The van der Waals surface area contributed by atoms with Gasteiger partial charge in [0.1, 0.15) is 0 Å². The van der Waals surface area contributed by atoms with Crippen molar-refractivity contribution in [2.75, 3.05) is 44.6 Å². The van der Waals surface area contributed by atoms with E-state index in [9.17, 15) is 13.2 Å². The molecule has 2 amide bonds. The molecule has 138 valence electrons. The fourth-order valence-electron chi connectivity index (χ4n) is 2.56. The summed E-state index contributed by atoms with van der Waals surface area (Å²) in [5, 5.41) is 2.81. The van der Waals surface area contributed by atoms with Crippen LogP contribution in [0.1, 0.15) is 13.3 Å². The summed E-state index contributed by atoms with van der Waals surface area (Å²) in [6, 6.07) is 6.03. The number of amides is 2. The van der Waals surface area contributed by atoms with Gasteiger partial charge in [0.05, 0.1) is 4.90 Å². The van der Waals surface area contributed by atoms with Crippen molar-refractivity contribution in [2.45, 2.75) is 18.2 Å². The zero-order chi connectivity index (χ0) is 18.3. The first-order valence-corrected chi connectivity index (χ1v) is 9.93. The Bertz CT molecular complexity index is 680. The number of piperazine rings is 1. The van der Waals surface area contributed by atoms with Crippen LogP contribution in [-0.4, -0.2) is 63.5 Å². The zero-order valence-corrected chi connectivity index (χ0v) is 15.4. The topological polar surface area (TPSA) is 81.8 Å². The van der Waals surface area contributed by atoms with Gasteiger partial charge in [-0.25, -0.2) is 17.9 Å². The molecule has 0 aliphatic carbocycles. The van der Waals surface area contributed by atoms with Crippen molar-refractivity contribution in [2.24, 2.45) is 0 Å². The maximum Gasteiger partial charge on any atom is 0.321 e. The molecule has 25 heavy (non-hydrogen) atoms. The Balaban J connectivity index is 1.91. The van der Waals surface area contributed by atoms with Crippen LogP contribution in [0.2, 0.25) is 0 Å². The van der Waals surface area contributed by atoms with Gasteiger partial charge in [0.25, 0.3) is 0 Å². The number of anilines is 1. The molecule has 0 saturated carbocycles. The van der Waals surface area contributed by atoms with Crippen LogP contribution < -0.4 is 10.0 Å². The highest BCUT2D eigenvalue weighted by Gasteiger charge is 2.20. The first kappa shape index (κ1) is 19.4. The van der Waals surface area contributed by atoms with Crippen LogP contribution in [0.3, 0.4) is 0 Å². The van der Waals surface area contributed by atoms with Gasteiger partial charge in [-0.05, 0) is 30.7 Å². The largest absolute Gasteiger partial charge is 0.322 e. The third kappa shape index (κ3) is 5.55. The number of rotatable bonds is 7. The molecule has 1 aromatic carbocycles. The minimum absolute atomic E-state index is 0.169. The SMILES string of the molecule is C=CCN1CCN(C(=O)Nc2ccc(S(=O)(=O)NCCC)cc2)CC1. The van der Waals surface area contributed by atoms with E-state index in [0.29, 0.717) is 25.3 Å². The second-order valence-electron chi connectivity index (χ2n) is 5.93. The van der Waals surface area contributed by atoms with E-state index >= 15 is 0 Å². The minimum atomic E-state index is -3.49. The predicted octanol–water partition coefficient (Wildman–Crippen LogP) is 1.71. The lowest BCUT2D eigenvalue weighted by atomic mass is 10.3. The standard InChI is InChI=1S/C17H26N4O3S/c1-3-9-18-25(23,24)16-7-5-15(6-8-16)19-17(22)21-13-11-20(10-4-2)12-14-21/h4-8,18H,2-3,9-14H2,1H3,(H,19,22). The predicted molar refractivity (Wildman–Crippen MR) is 99.2 cm³/mol. The van der Waals surface area contributed by atoms with Gasteiger partial charge in [0.2, 0.25) is 10.0 Å². The lowest BCUT2D eigenvalue weighted by Crippen LogP contribution is -2.49. The van der Waals surface area contributed by atoms with Crippen LogP contribution in [0.5, 0.6) is 0 Å². The number of benzene rings is 1. The molecule has 8 heteroatoms. The lowest BCUT2D eigenvalue weighted by molar-refractivity contribution is 0.156. The van der Waals surface area contributed by atoms with E-state index in [0.717, 1.165) is 26.1 Å². The van der Waals surface area contributed by atoms with Crippen molar-refractivity contribution in [3.8, 4) is 0 Å². The van der Waals surface area contributed by atoms with E-state index in [2.05, 4.69) is 21.5 Å². The number of hydrogen-bond donors (Lipinski definition) is 2. The monoisotopic (exact) mass is 366 g/mol. The molecule has 1 heterocycles. The lowest BCUT2D eigenvalue weighted by Gasteiger charge is -2.34. The summed E-state index contributed by atoms with van der Waals surface area (Å²) in [4.78, 5) is 16.5. The summed E-state index contributed by atoms with van der Waals surface area (Å²) in [7, 11) is -3.49. The summed E-state index contributed by atoms with van der Waals surface area (Å²) in [6.07, 6.45) is 2.59. The van der Waals surface area contributed by atoms with Gasteiger partial charge in [-0.1, -0.05) is 13.0 Å². The third-order valence-electron chi connectivity index (χ3n) is 4.00. The summed E-state index contributed by atoms with van der Waals surface area (Å²) in [5.74, 6) is 0. The van der Waals surface area contributed by atoms with Crippen molar-refractivity contribution in [3.05, 3.63) is 36.9 Å². The fraction of sp³-hybridized carbons (Fsp3) is 0.471. The molecule has 0 unspecified atom stereocenters. The second-order valence-corrected chi connectivity index (χ2v) is 7.70. The molecule has 1 aliphatic heterocycles. The fourth-order valence-corrected chi connectivity index (χ4v) is 3.69. The molecule has 1 fully saturated rings. The molecule has 2 N–H and O–H groups in total. The van der Waals surface area contributed by atoms with E-state index in [1.165, 1.54) is 12.1 Å². The number of hydrogen-bond acceptors (Lipinski definition) is 4. The molecule has 0 aromatic heterocycles. The summed E-state index contributed by atoms with van der Waals surface area (Å²) < 4.78 is 26.6. The maximum absolute atomic E-state index is 12.3. The summed E-state index contributed by atoms with van der Waals surface area (Å²) >= 11 is 0. The maximum atomic E-state index is 12.3. The van der Waals surface area contributed by atoms with Crippen molar-refractivity contribution >= 4 is 21.7 Å². The number of sulfonamides is 1. The van der Waals surface area contributed by atoms with Crippen molar-refractivity contribution in [3.63, 3.8) is 0 Å². The highest BCUT2D eigenvalue weighted by atomic mass is 32.2. The van der Waals surface area contributed by atoms with Crippen molar-refractivity contribution < 1.29 is 13.2 Å². The number of nitrogens with one attached hydrogen (secondary N) is 2. The van der Waals surface area contributed by atoms with Gasteiger partial charge in [-0.15, -0.1) is 6.58 Å². The molecule has 1 aromatic rings. The number of urea groups is 1. The molecule has 1 saturated heterocycles. The first-order chi connectivity index (χ1) is 12.0. The van der Waals surface area contributed by atoms with Crippen LogP contribution in [0, 0.1) is 0 Å². The number of carbonyl (C=O) groups is 1. The number of carbonyl (C=O) groups excluding carboxylic acids is 1. The van der Waals surface area contributed by atoms with Crippen LogP contribution in [0.4, 0.5) is 10.5 Å². The first-order valence-electron chi connectivity index (χ1n) is 8.45. The quantitative estimate of drug-likeness (QED) is 0.720. The van der Waals surface area contributed by atoms with E-state index < -0.39 is 10.0 Å². The van der Waals surface area contributed by atoms with E-state index in [1.54, 1.807) is 17.0 Å². The third-order valence-corrected chi connectivity index (χ3v) is 5.48. The van der Waals surface area contributed by atoms with Gasteiger partial charge in [-0.2, -0.15) is 0 Å². The van der Waals surface area contributed by atoms with Gasteiger partial charge >= 0.3 is 6.03 Å². The normalized spacial score (nSPS) is 15.8. The average molecular weight is 366 g/mol. The van der Waals surface area contributed by atoms with E-state index in [4.69, 9.17) is 0 Å². The Kier molecular flexibility index (Phi) is 6.98. The molecular formula is C17H26N4O3S. The van der Waals surface area contributed by atoms with Crippen LogP contribution in [-0.2, 0) is 10.0 Å². The second kappa shape index (κ2) is 8.98. The Morgan fingerprint density at radius 1 is 1.20 bits per heavy atom. The Morgan fingerprint density at radius 3 is 2.40 bits per heavy atom. The Hall–Kier alpha value is -1.90. The van der Waals surface area contributed by atoms with Gasteiger partial charge in [0, 0.05) is 45.0 Å². The highest BCUT2D eigenvalue weighted by molar-refractivity contribution is 7.89. The molecule has 1 aliphatic rings. The van der Waals surface area contributed by atoms with Gasteiger partial charge < -0.3 is 10.2 Å². The molecule has 0 radical (unpaired) electrons. The molecule has 7 nitrogen and oxygen atoms in total. The van der Waals surface area contributed by atoms with Gasteiger partial charge in [-0.3, -0.25) is 4.90 Å². The Labute approximate surface area is 149 Å². The molecule has 2 rings (SSSR count). The molecule has 0 atom stereocenters. The van der Waals surface area contributed by atoms with Crippen LogP contribution in [0.15, 0.2) is 41.8 Å². The van der Waals surface area contributed by atoms with Gasteiger partial charge in [0.15, 0.2) is 0 Å². The molecule has 0 spiro atoms. The number of nitrogens with zero attached hydrogens (tertiary/aromatic N) is 2. The zero-order valence-electron chi connectivity index (χ0n) is 14.6. The minimum Gasteiger partial charge on any atom is -0.322 e. The molecule has 0 bridgehead atoms. The molecular weight excluding hydrogens is 340 g/mol. The van der Waals surface area contributed by atoms with Crippen molar-refractivity contribution in [1.29, 1.82) is 0 Å². The Morgan fingerprint density at radius 2 is 1.84 bits per heavy atom. The highest BCUT2D eigenvalue weighted by Crippen LogP contribution is 2.15. The smallest absolute Gasteiger partial charge is 0.321 e. The average Bonchev–Trinajstić information content (AvgIpc) is 2.61. The van der Waals surface area contributed by atoms with E-state index in [1.807, 2.05) is 13.0 Å². The van der Waals surface area contributed by atoms with Crippen LogP contribution >= 0.6 is 0 Å². The summed E-state index contributed by atoms with van der Waals surface area (Å²) in [5.41, 5.74) is 0.577. The van der Waals surface area contributed by atoms with Crippen LogP contribution in [0.25, 0.3) is 0 Å². The van der Waals surface area contributed by atoms with Crippen molar-refractivity contribution in [1.82, 2.24) is 14.5 Å². The van der Waals surface area contributed by atoms with E-state index in [-0.39, 0.29) is 10.9 Å². The summed E-state index contributed by atoms with van der Waals surface area (Å²) in [6.45, 7) is 9.81.